The van der Waals surface area contributed by atoms with Gasteiger partial charge in [-0.1, -0.05) is 152 Å². The van der Waals surface area contributed by atoms with Crippen molar-refractivity contribution in [3.05, 3.63) is 216 Å². The summed E-state index contributed by atoms with van der Waals surface area (Å²) in [7, 11) is 0. The van der Waals surface area contributed by atoms with Crippen molar-refractivity contribution in [2.45, 2.75) is 25.3 Å². The van der Waals surface area contributed by atoms with Crippen LogP contribution in [0.4, 0.5) is 11.6 Å². The van der Waals surface area contributed by atoms with Crippen molar-refractivity contribution in [3.63, 3.8) is 0 Å². The molecule has 13 rings (SSSR count). The first-order chi connectivity index (χ1) is 30.8. The van der Waals surface area contributed by atoms with Crippen LogP contribution in [0.5, 0.6) is 0 Å². The molecule has 4 nitrogen and oxygen atoms in total. The van der Waals surface area contributed by atoms with Gasteiger partial charge in [0.2, 0.25) is 5.95 Å². The lowest BCUT2D eigenvalue weighted by atomic mass is 9.90. The highest BCUT2D eigenvalue weighted by Gasteiger charge is 2.38. The van der Waals surface area contributed by atoms with E-state index >= 15 is 0 Å². The monoisotopic (exact) mass is 792 g/mol. The minimum atomic E-state index is 0.0413. The maximum absolute atomic E-state index is 5.62. The third kappa shape index (κ3) is 5.33. The number of benzene rings is 8. The van der Waals surface area contributed by atoms with E-state index < -0.39 is 0 Å². The van der Waals surface area contributed by atoms with E-state index in [0.29, 0.717) is 0 Å². The molecule has 0 fully saturated rings. The molecule has 0 radical (unpaired) electrons. The highest BCUT2D eigenvalue weighted by Crippen LogP contribution is 2.48. The highest BCUT2D eigenvalue weighted by molar-refractivity contribution is 6.11. The van der Waals surface area contributed by atoms with E-state index in [-0.39, 0.29) is 6.04 Å². The summed E-state index contributed by atoms with van der Waals surface area (Å²) in [6.07, 6.45) is 12.3. The molecule has 0 saturated carbocycles. The topological polar surface area (TPSA) is 34.0 Å². The number of fused-ring (bicyclic) bond motifs is 9. The molecular weight excluding hydrogens is 753 g/mol. The predicted octanol–water partition coefficient (Wildman–Crippen LogP) is 12.9. The first-order valence-corrected chi connectivity index (χ1v) is 21.7. The van der Waals surface area contributed by atoms with Gasteiger partial charge in [-0.05, 0) is 117 Å². The Morgan fingerprint density at radius 3 is 2.08 bits per heavy atom. The van der Waals surface area contributed by atoms with Gasteiger partial charge in [-0.25, -0.2) is 9.97 Å². The Bertz CT molecular complexity index is 3680. The molecule has 0 amide bonds. The Kier molecular flexibility index (Phi) is 7.83. The number of allylic oxidation sites excluding steroid dienone is 4. The quantitative estimate of drug-likeness (QED) is 0.174. The number of rotatable bonds is 5. The van der Waals surface area contributed by atoms with Crippen molar-refractivity contribution in [3.8, 4) is 28.1 Å². The maximum atomic E-state index is 5.62. The van der Waals surface area contributed by atoms with Crippen LogP contribution in [0.25, 0.3) is 88.8 Å². The average molecular weight is 793 g/mol. The third-order valence-electron chi connectivity index (χ3n) is 13.3. The molecule has 0 bridgehead atoms. The molecule has 8 aromatic carbocycles. The molecule has 3 aliphatic rings. The molecule has 62 heavy (non-hydrogen) atoms. The fourth-order valence-electron chi connectivity index (χ4n) is 10.5. The molecule has 1 aliphatic heterocycles. The molecule has 0 spiro atoms. The molecule has 0 N–H and O–H groups in total. The van der Waals surface area contributed by atoms with Crippen LogP contribution in [0, 0.1) is 0 Å². The zero-order valence-corrected chi connectivity index (χ0v) is 34.0. The standard InChI is InChI=1S/C58H40N4/c1-3-15-37(16-4-1)42-30-31-47(45-22-10-9-21-44(42)45)57-48-24-11-13-25-51(48)59-58(60-57)62-54-33-29-40(36-50(54)56-43-20-8-7-17-38(43)27-34-55(56)62)39-28-32-53-49(35-39)46-23-12-14-26-52(46)61(53)41-18-5-2-6-19-41/h2-3,5-33,35-36,55H,1,4,34H2. The van der Waals surface area contributed by atoms with E-state index in [1.54, 1.807) is 0 Å². The second kappa shape index (κ2) is 13.9. The molecule has 292 valence electrons. The molecule has 3 heterocycles. The average Bonchev–Trinajstić information content (AvgIpc) is 3.86. The smallest absolute Gasteiger partial charge is 0.231 e. The molecular formula is C58H40N4. The van der Waals surface area contributed by atoms with Crippen LogP contribution in [0.1, 0.15) is 30.4 Å². The van der Waals surface area contributed by atoms with Gasteiger partial charge in [-0.3, -0.25) is 0 Å². The minimum Gasteiger partial charge on any atom is -0.309 e. The van der Waals surface area contributed by atoms with Crippen LogP contribution in [0.15, 0.2) is 194 Å². The van der Waals surface area contributed by atoms with Crippen molar-refractivity contribution in [1.82, 2.24) is 14.5 Å². The fraction of sp³-hybridized carbons (Fsp3) is 0.0690. The zero-order chi connectivity index (χ0) is 40.7. The van der Waals surface area contributed by atoms with Crippen molar-refractivity contribution in [2.75, 3.05) is 4.90 Å². The summed E-state index contributed by atoms with van der Waals surface area (Å²) in [6, 6.07) is 64.2. The lowest BCUT2D eigenvalue weighted by Crippen LogP contribution is -2.38. The van der Waals surface area contributed by atoms with E-state index in [2.05, 4.69) is 210 Å². The molecule has 1 atom stereocenters. The number of para-hydroxylation sites is 3. The minimum absolute atomic E-state index is 0.0413. The lowest BCUT2D eigenvalue weighted by molar-refractivity contribution is 0.818. The van der Waals surface area contributed by atoms with E-state index in [1.807, 2.05) is 0 Å². The van der Waals surface area contributed by atoms with Crippen molar-refractivity contribution in [1.29, 1.82) is 0 Å². The summed E-state index contributed by atoms with van der Waals surface area (Å²) in [5.74, 6) is 0.724. The number of aromatic nitrogens is 3. The summed E-state index contributed by atoms with van der Waals surface area (Å²) >= 11 is 0. The number of hydrogen-bond acceptors (Lipinski definition) is 3. The Morgan fingerprint density at radius 1 is 0.500 bits per heavy atom. The second-order valence-electron chi connectivity index (χ2n) is 16.7. The van der Waals surface area contributed by atoms with Crippen molar-refractivity contribution in [2.24, 2.45) is 0 Å². The Labute approximate surface area is 359 Å². The Balaban J connectivity index is 1.00. The van der Waals surface area contributed by atoms with Crippen LogP contribution in [-0.4, -0.2) is 20.6 Å². The molecule has 2 aliphatic carbocycles. The van der Waals surface area contributed by atoms with Crippen LogP contribution in [0.2, 0.25) is 0 Å². The highest BCUT2D eigenvalue weighted by atomic mass is 15.3. The Morgan fingerprint density at radius 2 is 1.21 bits per heavy atom. The van der Waals surface area contributed by atoms with Crippen LogP contribution < -0.4 is 15.3 Å². The molecule has 1 unspecified atom stereocenters. The molecule has 4 heteroatoms. The van der Waals surface area contributed by atoms with Crippen LogP contribution in [0.3, 0.4) is 0 Å². The number of nitrogens with zero attached hydrogens (tertiary/aromatic N) is 4. The van der Waals surface area contributed by atoms with Crippen molar-refractivity contribution < 1.29 is 0 Å². The number of hydrogen-bond donors (Lipinski definition) is 0. The van der Waals surface area contributed by atoms with Gasteiger partial charge in [0.1, 0.15) is 0 Å². The van der Waals surface area contributed by atoms with Crippen molar-refractivity contribution >= 4 is 72.3 Å². The molecule has 0 saturated heterocycles. The zero-order valence-electron chi connectivity index (χ0n) is 34.0. The molecule has 2 aromatic heterocycles. The maximum Gasteiger partial charge on any atom is 0.231 e. The number of anilines is 2. The van der Waals surface area contributed by atoms with E-state index in [0.717, 1.165) is 58.7 Å². The summed E-state index contributed by atoms with van der Waals surface area (Å²) in [5, 5.41) is 8.54. The largest absolute Gasteiger partial charge is 0.309 e. The Hall–Kier alpha value is -7.82. The van der Waals surface area contributed by atoms with E-state index in [4.69, 9.17) is 9.97 Å². The van der Waals surface area contributed by atoms with Gasteiger partial charge in [-0.2, -0.15) is 0 Å². The second-order valence-corrected chi connectivity index (χ2v) is 16.7. The van der Waals surface area contributed by atoms with E-state index in [1.165, 1.54) is 76.4 Å². The SMILES string of the molecule is C1=CC(c2ccc(-c3nc(N4c5ccc(-c6ccc7c(c6)c6ccccc6n7-c6ccccc6)cc5C5=c6ccccc6=CCC54)nc4ccccc34)c3ccccc23)=CCC1. The fourth-order valence-corrected chi connectivity index (χ4v) is 10.5. The summed E-state index contributed by atoms with van der Waals surface area (Å²) < 4.78 is 2.38. The van der Waals surface area contributed by atoms with Crippen LogP contribution >= 0.6 is 0 Å². The third-order valence-corrected chi connectivity index (χ3v) is 13.3. The first-order valence-electron chi connectivity index (χ1n) is 21.7. The summed E-state index contributed by atoms with van der Waals surface area (Å²) in [6.45, 7) is 0. The normalized spacial score (nSPS) is 15.5. The van der Waals surface area contributed by atoms with Gasteiger partial charge in [0.05, 0.1) is 34.0 Å². The van der Waals surface area contributed by atoms with Gasteiger partial charge in [0.25, 0.3) is 0 Å². The summed E-state index contributed by atoms with van der Waals surface area (Å²) in [5.41, 5.74) is 15.2. The van der Waals surface area contributed by atoms with Gasteiger partial charge in [-0.15, -0.1) is 0 Å². The van der Waals surface area contributed by atoms with Gasteiger partial charge in [0.15, 0.2) is 0 Å². The predicted molar refractivity (Wildman–Crippen MR) is 258 cm³/mol. The molecule has 10 aromatic rings. The summed E-state index contributed by atoms with van der Waals surface area (Å²) in [4.78, 5) is 13.4. The lowest BCUT2D eigenvalue weighted by Gasteiger charge is -2.27. The van der Waals surface area contributed by atoms with E-state index in [9.17, 15) is 0 Å². The van der Waals surface area contributed by atoms with Gasteiger partial charge < -0.3 is 9.47 Å². The van der Waals surface area contributed by atoms with Gasteiger partial charge in [0, 0.05) is 33.0 Å². The van der Waals surface area contributed by atoms with Gasteiger partial charge >= 0.3 is 0 Å². The van der Waals surface area contributed by atoms with Crippen LogP contribution in [-0.2, 0) is 0 Å². The first kappa shape index (κ1) is 35.0.